The van der Waals surface area contributed by atoms with Gasteiger partial charge in [0.1, 0.15) is 17.7 Å². The molecule has 0 bridgehead atoms. The van der Waals surface area contributed by atoms with Crippen LogP contribution in [0, 0.1) is 24.1 Å². The van der Waals surface area contributed by atoms with Crippen molar-refractivity contribution in [3.8, 4) is 17.2 Å². The molecule has 2 aromatic rings. The minimum atomic E-state index is -0.954. The van der Waals surface area contributed by atoms with Crippen molar-refractivity contribution >= 4 is 11.7 Å². The van der Waals surface area contributed by atoms with Gasteiger partial charge in [0.15, 0.2) is 0 Å². The zero-order valence-corrected chi connectivity index (χ0v) is 16.1. The summed E-state index contributed by atoms with van der Waals surface area (Å²) < 4.78 is 14.3. The Kier molecular flexibility index (Phi) is 5.34. The molecule has 146 valence electrons. The van der Waals surface area contributed by atoms with E-state index in [-0.39, 0.29) is 18.2 Å². The second-order valence-corrected chi connectivity index (χ2v) is 7.79. The van der Waals surface area contributed by atoms with E-state index < -0.39 is 17.3 Å². The van der Waals surface area contributed by atoms with Crippen molar-refractivity contribution in [1.29, 1.82) is 5.26 Å². The summed E-state index contributed by atoms with van der Waals surface area (Å²) in [4.78, 5) is 16.6. The summed E-state index contributed by atoms with van der Waals surface area (Å²) in [6, 6.07) is 6.68. The van der Waals surface area contributed by atoms with E-state index in [9.17, 15) is 19.6 Å². The van der Waals surface area contributed by atoms with Crippen LogP contribution in [0.3, 0.4) is 0 Å². The molecule has 3 N–H and O–H groups in total. The van der Waals surface area contributed by atoms with Crippen LogP contribution >= 0.6 is 0 Å². The molecule has 0 atom stereocenters. The van der Waals surface area contributed by atoms with Gasteiger partial charge in [-0.05, 0) is 62.9 Å². The monoisotopic (exact) mass is 382 g/mol. The standard InChI is InChI=1S/C21H23FN4O2/c1-12-6-18(22)17(20(27)26-15-4-5-15)8-16(12)14-7-13(9-23)19(24-10-14)25-11-21(2,3)28/h6-8,10,15,28H,4-5,11H2,1-3H3,(H,24,25)(H,26,27). The van der Waals surface area contributed by atoms with E-state index in [4.69, 9.17) is 0 Å². The Bertz CT molecular complexity index is 956. The molecule has 6 nitrogen and oxygen atoms in total. The number of carbonyl (C=O) groups excluding carboxylic acids is 1. The van der Waals surface area contributed by atoms with E-state index in [1.165, 1.54) is 12.1 Å². The number of aliphatic hydroxyl groups is 1. The second kappa shape index (κ2) is 7.56. The number of benzene rings is 1. The van der Waals surface area contributed by atoms with Crippen molar-refractivity contribution in [3.05, 3.63) is 46.9 Å². The Morgan fingerprint density at radius 1 is 1.39 bits per heavy atom. The van der Waals surface area contributed by atoms with Gasteiger partial charge in [-0.2, -0.15) is 5.26 Å². The molecule has 0 saturated heterocycles. The van der Waals surface area contributed by atoms with E-state index in [1.54, 1.807) is 33.0 Å². The van der Waals surface area contributed by atoms with E-state index in [0.29, 0.717) is 28.1 Å². The Hall–Kier alpha value is -2.98. The number of hydrogen-bond acceptors (Lipinski definition) is 5. The highest BCUT2D eigenvalue weighted by Crippen LogP contribution is 2.29. The van der Waals surface area contributed by atoms with Crippen LogP contribution in [0.15, 0.2) is 24.4 Å². The molecule has 1 aliphatic rings. The molecular weight excluding hydrogens is 359 g/mol. The van der Waals surface area contributed by atoms with Gasteiger partial charge in [-0.1, -0.05) is 0 Å². The van der Waals surface area contributed by atoms with Crippen molar-refractivity contribution in [2.75, 3.05) is 11.9 Å². The van der Waals surface area contributed by atoms with Crippen molar-refractivity contribution in [2.24, 2.45) is 0 Å². The number of aryl methyl sites for hydroxylation is 1. The van der Waals surface area contributed by atoms with Crippen LogP contribution in [-0.2, 0) is 0 Å². The van der Waals surface area contributed by atoms with Crippen LogP contribution in [0.4, 0.5) is 10.2 Å². The van der Waals surface area contributed by atoms with Gasteiger partial charge in [-0.25, -0.2) is 9.37 Å². The number of anilines is 1. The van der Waals surface area contributed by atoms with Crippen molar-refractivity contribution < 1.29 is 14.3 Å². The number of nitriles is 1. The highest BCUT2D eigenvalue weighted by molar-refractivity contribution is 5.96. The van der Waals surface area contributed by atoms with E-state index in [2.05, 4.69) is 21.7 Å². The first-order valence-corrected chi connectivity index (χ1v) is 9.16. The highest BCUT2D eigenvalue weighted by atomic mass is 19.1. The van der Waals surface area contributed by atoms with E-state index in [1.807, 2.05) is 0 Å². The molecule has 1 amide bonds. The molecule has 28 heavy (non-hydrogen) atoms. The van der Waals surface area contributed by atoms with Gasteiger partial charge in [-0.15, -0.1) is 0 Å². The van der Waals surface area contributed by atoms with Gasteiger partial charge in [-0.3, -0.25) is 4.79 Å². The third kappa shape index (κ3) is 4.65. The first-order chi connectivity index (χ1) is 13.2. The maximum absolute atomic E-state index is 14.3. The van der Waals surface area contributed by atoms with Gasteiger partial charge in [0.25, 0.3) is 5.91 Å². The lowest BCUT2D eigenvalue weighted by molar-refractivity contribution is 0.0938. The average Bonchev–Trinajstić information content (AvgIpc) is 3.43. The van der Waals surface area contributed by atoms with Crippen LogP contribution in [0.5, 0.6) is 0 Å². The molecule has 1 aromatic heterocycles. The Balaban J connectivity index is 1.94. The highest BCUT2D eigenvalue weighted by Gasteiger charge is 2.25. The molecule has 1 aromatic carbocycles. The molecule has 3 rings (SSSR count). The third-order valence-corrected chi connectivity index (χ3v) is 4.48. The average molecular weight is 382 g/mol. The number of carbonyl (C=O) groups is 1. The van der Waals surface area contributed by atoms with Gasteiger partial charge in [0, 0.05) is 24.3 Å². The number of nitrogens with one attached hydrogen (secondary N) is 2. The molecule has 1 fully saturated rings. The number of rotatable bonds is 6. The number of nitrogens with zero attached hydrogens (tertiary/aromatic N) is 2. The molecule has 1 aliphatic carbocycles. The van der Waals surface area contributed by atoms with Crippen LogP contribution < -0.4 is 10.6 Å². The summed E-state index contributed by atoms with van der Waals surface area (Å²) in [5.74, 6) is -0.644. The molecule has 0 aliphatic heterocycles. The minimum Gasteiger partial charge on any atom is -0.389 e. The Labute approximate surface area is 163 Å². The smallest absolute Gasteiger partial charge is 0.254 e. The molecule has 1 heterocycles. The summed E-state index contributed by atoms with van der Waals surface area (Å²) in [6.07, 6.45) is 3.40. The molecular formula is C21H23FN4O2. The van der Waals surface area contributed by atoms with Gasteiger partial charge in [0.05, 0.1) is 16.7 Å². The van der Waals surface area contributed by atoms with Crippen LogP contribution in [-0.4, -0.2) is 34.2 Å². The normalized spacial score (nSPS) is 13.7. The Morgan fingerprint density at radius 3 is 2.71 bits per heavy atom. The SMILES string of the molecule is Cc1cc(F)c(C(=O)NC2CC2)cc1-c1cnc(NCC(C)(C)O)c(C#N)c1. The fourth-order valence-corrected chi connectivity index (χ4v) is 2.79. The van der Waals surface area contributed by atoms with Crippen LogP contribution in [0.2, 0.25) is 0 Å². The summed E-state index contributed by atoms with van der Waals surface area (Å²) in [6.45, 7) is 5.27. The Morgan fingerprint density at radius 2 is 2.11 bits per heavy atom. The quantitative estimate of drug-likeness (QED) is 0.713. The van der Waals surface area contributed by atoms with Gasteiger partial charge >= 0.3 is 0 Å². The maximum Gasteiger partial charge on any atom is 0.254 e. The third-order valence-electron chi connectivity index (χ3n) is 4.48. The maximum atomic E-state index is 14.3. The first kappa shape index (κ1) is 19.8. The fraction of sp³-hybridized carbons (Fsp3) is 0.381. The number of pyridine rings is 1. The van der Waals surface area contributed by atoms with Crippen LogP contribution in [0.25, 0.3) is 11.1 Å². The van der Waals surface area contributed by atoms with E-state index in [0.717, 1.165) is 12.8 Å². The van der Waals surface area contributed by atoms with Gasteiger partial charge < -0.3 is 15.7 Å². The van der Waals surface area contributed by atoms with Crippen LogP contribution in [0.1, 0.15) is 48.2 Å². The minimum absolute atomic E-state index is 0.0183. The zero-order chi connectivity index (χ0) is 20.5. The lowest BCUT2D eigenvalue weighted by Gasteiger charge is -2.19. The molecule has 0 unspecified atom stereocenters. The first-order valence-electron chi connectivity index (χ1n) is 9.16. The van der Waals surface area contributed by atoms with Gasteiger partial charge in [0.2, 0.25) is 0 Å². The summed E-state index contributed by atoms with van der Waals surface area (Å²) >= 11 is 0. The predicted molar refractivity (Wildman–Crippen MR) is 104 cm³/mol. The van der Waals surface area contributed by atoms with Crippen molar-refractivity contribution in [3.63, 3.8) is 0 Å². The molecule has 1 saturated carbocycles. The topological polar surface area (TPSA) is 98.0 Å². The lowest BCUT2D eigenvalue weighted by atomic mass is 9.97. The molecule has 0 radical (unpaired) electrons. The number of aromatic nitrogens is 1. The number of hydrogen-bond donors (Lipinski definition) is 3. The fourth-order valence-electron chi connectivity index (χ4n) is 2.79. The molecule has 0 spiro atoms. The predicted octanol–water partition coefficient (Wildman–Crippen LogP) is 3.14. The van der Waals surface area contributed by atoms with Crippen molar-refractivity contribution in [2.45, 2.75) is 45.3 Å². The second-order valence-electron chi connectivity index (χ2n) is 7.79. The van der Waals surface area contributed by atoms with Crippen molar-refractivity contribution in [1.82, 2.24) is 10.3 Å². The lowest BCUT2D eigenvalue weighted by Crippen LogP contribution is -2.29. The summed E-state index contributed by atoms with van der Waals surface area (Å²) in [7, 11) is 0. The largest absolute Gasteiger partial charge is 0.389 e. The number of amides is 1. The number of halogens is 1. The summed E-state index contributed by atoms with van der Waals surface area (Å²) in [5, 5.41) is 25.1. The van der Waals surface area contributed by atoms with E-state index >= 15 is 0 Å². The zero-order valence-electron chi connectivity index (χ0n) is 16.1. The summed E-state index contributed by atoms with van der Waals surface area (Å²) in [5.41, 5.74) is 1.22. The molecule has 7 heteroatoms.